The Balaban J connectivity index is 1.83. The number of nitrogens with zero attached hydrogens (tertiary/aromatic N) is 2. The Morgan fingerprint density at radius 3 is 2.64 bits per heavy atom. The van der Waals surface area contributed by atoms with Crippen molar-refractivity contribution >= 4 is 11.5 Å². The van der Waals surface area contributed by atoms with Crippen LogP contribution in [-0.4, -0.2) is 23.6 Å². The molecule has 0 spiro atoms. The van der Waals surface area contributed by atoms with Crippen molar-refractivity contribution in [1.29, 1.82) is 0 Å². The molecule has 2 aliphatic rings. The molecular formula is C23H23FN2O2. The van der Waals surface area contributed by atoms with Gasteiger partial charge in [-0.2, -0.15) is 5.10 Å². The number of benzene rings is 2. The third-order valence-corrected chi connectivity index (χ3v) is 5.51. The van der Waals surface area contributed by atoms with Crippen LogP contribution >= 0.6 is 0 Å². The Hall–Kier alpha value is -2.95. The molecule has 0 bridgehead atoms. The standard InChI is InChI=1S/C23H23FN2O2/c1-14(12-15(2)27)26-23(17-4-8-18(24)9-5-17)20-11-7-16-6-10-19(28-3)13-21(16)22(20)25-26/h4-6,8-10,12-13,20,23H,7,11H2,1-3H3. The molecule has 0 saturated carbocycles. The molecule has 2 atom stereocenters. The highest BCUT2D eigenvalue weighted by molar-refractivity contribution is 6.06. The van der Waals surface area contributed by atoms with Gasteiger partial charge in [-0.15, -0.1) is 0 Å². The molecule has 4 rings (SSSR count). The number of methoxy groups -OCH3 is 1. The summed E-state index contributed by atoms with van der Waals surface area (Å²) in [5.41, 5.74) is 5.14. The number of carbonyl (C=O) groups is 1. The summed E-state index contributed by atoms with van der Waals surface area (Å²) in [6, 6.07) is 12.6. The van der Waals surface area contributed by atoms with Crippen molar-refractivity contribution in [3.05, 3.63) is 76.7 Å². The van der Waals surface area contributed by atoms with E-state index in [1.54, 1.807) is 13.2 Å². The Kier molecular flexibility index (Phi) is 4.75. The second-order valence-corrected chi connectivity index (χ2v) is 7.39. The van der Waals surface area contributed by atoms with Gasteiger partial charge in [-0.1, -0.05) is 18.2 Å². The fourth-order valence-corrected chi connectivity index (χ4v) is 4.26. The zero-order valence-corrected chi connectivity index (χ0v) is 16.3. The largest absolute Gasteiger partial charge is 0.497 e. The summed E-state index contributed by atoms with van der Waals surface area (Å²) in [5, 5.41) is 6.86. The summed E-state index contributed by atoms with van der Waals surface area (Å²) in [6.07, 6.45) is 3.50. The Morgan fingerprint density at radius 1 is 1.21 bits per heavy atom. The van der Waals surface area contributed by atoms with Crippen LogP contribution < -0.4 is 4.74 Å². The molecule has 0 radical (unpaired) electrons. The van der Waals surface area contributed by atoms with E-state index < -0.39 is 0 Å². The van der Waals surface area contributed by atoms with E-state index in [-0.39, 0.29) is 23.6 Å². The van der Waals surface area contributed by atoms with Gasteiger partial charge in [-0.3, -0.25) is 9.80 Å². The molecule has 144 valence electrons. The average molecular weight is 378 g/mol. The number of rotatable bonds is 4. The van der Waals surface area contributed by atoms with Crippen molar-refractivity contribution in [2.45, 2.75) is 32.7 Å². The number of hydrazone groups is 1. The monoisotopic (exact) mass is 378 g/mol. The molecule has 4 nitrogen and oxygen atoms in total. The number of allylic oxidation sites excluding steroid dienone is 2. The second-order valence-electron chi connectivity index (χ2n) is 7.39. The number of halogens is 1. The van der Waals surface area contributed by atoms with Gasteiger partial charge in [0.2, 0.25) is 0 Å². The van der Waals surface area contributed by atoms with Gasteiger partial charge in [0, 0.05) is 23.3 Å². The van der Waals surface area contributed by atoms with Crippen LogP contribution in [0.3, 0.4) is 0 Å². The zero-order chi connectivity index (χ0) is 19.8. The van der Waals surface area contributed by atoms with Crippen molar-refractivity contribution in [1.82, 2.24) is 5.01 Å². The number of ether oxygens (including phenoxy) is 1. The first-order valence-corrected chi connectivity index (χ1v) is 9.47. The van der Waals surface area contributed by atoms with Crippen LogP contribution in [0.25, 0.3) is 0 Å². The van der Waals surface area contributed by atoms with E-state index in [1.165, 1.54) is 24.6 Å². The van der Waals surface area contributed by atoms with Gasteiger partial charge in [0.15, 0.2) is 5.78 Å². The lowest BCUT2D eigenvalue weighted by molar-refractivity contribution is -0.112. The van der Waals surface area contributed by atoms with Gasteiger partial charge in [0.25, 0.3) is 0 Å². The molecule has 0 amide bonds. The maximum absolute atomic E-state index is 13.5. The number of aryl methyl sites for hydroxylation is 1. The fourth-order valence-electron chi connectivity index (χ4n) is 4.26. The summed E-state index contributed by atoms with van der Waals surface area (Å²) in [4.78, 5) is 11.7. The van der Waals surface area contributed by atoms with Crippen LogP contribution in [0.2, 0.25) is 0 Å². The molecule has 2 unspecified atom stereocenters. The average Bonchev–Trinajstić information content (AvgIpc) is 3.08. The fraction of sp³-hybridized carbons (Fsp3) is 0.304. The van der Waals surface area contributed by atoms with Gasteiger partial charge in [0.05, 0.1) is 18.9 Å². The van der Waals surface area contributed by atoms with Crippen LogP contribution in [0.4, 0.5) is 4.39 Å². The molecule has 2 aromatic rings. The molecule has 0 fully saturated rings. The van der Waals surface area contributed by atoms with Crippen molar-refractivity contribution in [3.63, 3.8) is 0 Å². The van der Waals surface area contributed by atoms with E-state index in [4.69, 9.17) is 9.84 Å². The lowest BCUT2D eigenvalue weighted by atomic mass is 9.77. The third kappa shape index (κ3) is 3.21. The van der Waals surface area contributed by atoms with Crippen LogP contribution in [-0.2, 0) is 11.2 Å². The lowest BCUT2D eigenvalue weighted by Crippen LogP contribution is -2.28. The predicted octanol–water partition coefficient (Wildman–Crippen LogP) is 4.65. The van der Waals surface area contributed by atoms with E-state index in [9.17, 15) is 9.18 Å². The molecule has 0 aromatic heterocycles. The van der Waals surface area contributed by atoms with Gasteiger partial charge >= 0.3 is 0 Å². The van der Waals surface area contributed by atoms with Gasteiger partial charge in [0.1, 0.15) is 11.6 Å². The minimum Gasteiger partial charge on any atom is -0.497 e. The van der Waals surface area contributed by atoms with Crippen molar-refractivity contribution < 1.29 is 13.9 Å². The topological polar surface area (TPSA) is 41.9 Å². The normalized spacial score (nSPS) is 21.1. The minimum atomic E-state index is -0.260. The molecule has 1 aliphatic carbocycles. The number of fused-ring (bicyclic) bond motifs is 3. The highest BCUT2D eigenvalue weighted by Crippen LogP contribution is 2.45. The van der Waals surface area contributed by atoms with Gasteiger partial charge in [-0.05, 0) is 62.1 Å². The predicted molar refractivity (Wildman–Crippen MR) is 107 cm³/mol. The first kappa shape index (κ1) is 18.4. The Bertz CT molecular complexity index is 979. The molecular weight excluding hydrogens is 355 g/mol. The highest BCUT2D eigenvalue weighted by Gasteiger charge is 2.42. The first-order chi connectivity index (χ1) is 13.5. The summed E-state index contributed by atoms with van der Waals surface area (Å²) < 4.78 is 18.9. The number of hydrogen-bond donors (Lipinski definition) is 0. The summed E-state index contributed by atoms with van der Waals surface area (Å²) in [7, 11) is 1.66. The summed E-state index contributed by atoms with van der Waals surface area (Å²) in [6.45, 7) is 3.43. The maximum atomic E-state index is 13.5. The molecule has 0 saturated heterocycles. The number of hydrogen-bond acceptors (Lipinski definition) is 4. The molecule has 1 heterocycles. The van der Waals surface area contributed by atoms with E-state index in [0.717, 1.165) is 41.1 Å². The maximum Gasteiger partial charge on any atom is 0.154 e. The van der Waals surface area contributed by atoms with Crippen molar-refractivity contribution in [2.24, 2.45) is 11.0 Å². The molecule has 0 N–H and O–H groups in total. The SMILES string of the molecule is COc1ccc2c(c1)C1=NN(C(C)=CC(C)=O)C(c3ccc(F)cc3)C1CC2. The van der Waals surface area contributed by atoms with Crippen LogP contribution in [0.5, 0.6) is 5.75 Å². The van der Waals surface area contributed by atoms with Gasteiger partial charge in [-0.25, -0.2) is 4.39 Å². The minimum absolute atomic E-state index is 0.0208. The smallest absolute Gasteiger partial charge is 0.154 e. The lowest BCUT2D eigenvalue weighted by Gasteiger charge is -2.31. The Labute approximate surface area is 164 Å². The van der Waals surface area contributed by atoms with E-state index in [1.807, 2.05) is 36.2 Å². The summed E-state index contributed by atoms with van der Waals surface area (Å²) >= 11 is 0. The van der Waals surface area contributed by atoms with Crippen molar-refractivity contribution in [3.8, 4) is 5.75 Å². The van der Waals surface area contributed by atoms with Gasteiger partial charge < -0.3 is 4.74 Å². The Morgan fingerprint density at radius 2 is 1.96 bits per heavy atom. The number of ketones is 1. The highest BCUT2D eigenvalue weighted by atomic mass is 19.1. The quantitative estimate of drug-likeness (QED) is 0.727. The second kappa shape index (κ2) is 7.23. The zero-order valence-electron chi connectivity index (χ0n) is 16.3. The molecule has 28 heavy (non-hydrogen) atoms. The van der Waals surface area contributed by atoms with Crippen molar-refractivity contribution in [2.75, 3.05) is 7.11 Å². The van der Waals surface area contributed by atoms with Crippen LogP contribution in [0.15, 0.2) is 59.3 Å². The molecule has 5 heteroatoms. The molecule has 1 aliphatic heterocycles. The first-order valence-electron chi connectivity index (χ1n) is 9.47. The molecule has 2 aromatic carbocycles. The van der Waals surface area contributed by atoms with E-state index in [0.29, 0.717) is 0 Å². The summed E-state index contributed by atoms with van der Waals surface area (Å²) in [5.74, 6) is 0.687. The van der Waals surface area contributed by atoms with Crippen LogP contribution in [0, 0.1) is 11.7 Å². The van der Waals surface area contributed by atoms with E-state index in [2.05, 4.69) is 6.07 Å². The van der Waals surface area contributed by atoms with Crippen LogP contribution in [0.1, 0.15) is 43.0 Å². The van der Waals surface area contributed by atoms with E-state index >= 15 is 0 Å². The number of carbonyl (C=O) groups excluding carboxylic acids is 1. The third-order valence-electron chi connectivity index (χ3n) is 5.51.